The molecule has 3 aromatic rings. The highest BCUT2D eigenvalue weighted by atomic mass is 35.5. The van der Waals surface area contributed by atoms with Crippen molar-refractivity contribution in [3.63, 3.8) is 0 Å². The van der Waals surface area contributed by atoms with Gasteiger partial charge in [-0.3, -0.25) is 19.7 Å². The van der Waals surface area contributed by atoms with Crippen LogP contribution in [-0.4, -0.2) is 22.9 Å². The lowest BCUT2D eigenvalue weighted by Crippen LogP contribution is -2.30. The van der Waals surface area contributed by atoms with Crippen LogP contribution in [-0.2, 0) is 20.7 Å². The minimum absolute atomic E-state index is 0.0602. The zero-order chi connectivity index (χ0) is 21.1. The maximum atomic E-state index is 12.3. The summed E-state index contributed by atoms with van der Waals surface area (Å²) in [7, 11) is 0. The molecule has 1 aromatic heterocycles. The largest absolute Gasteiger partial charge is 0.464 e. The van der Waals surface area contributed by atoms with Crippen LogP contribution in [0.25, 0.3) is 11.0 Å². The number of hydrogen-bond donors (Lipinski definition) is 1. The number of benzene rings is 2. The van der Waals surface area contributed by atoms with Crippen molar-refractivity contribution in [2.24, 2.45) is 0 Å². The quantitative estimate of drug-likeness (QED) is 0.361. The molecular formula is C20H17ClN2O6. The number of nitrogens with one attached hydrogen (secondary N) is 1. The van der Waals surface area contributed by atoms with E-state index in [9.17, 15) is 19.7 Å². The third-order valence-corrected chi connectivity index (χ3v) is 4.57. The molecule has 1 N–H and O–H groups in total. The summed E-state index contributed by atoms with van der Waals surface area (Å²) < 4.78 is 10.6. The molecule has 0 saturated carbocycles. The Hall–Kier alpha value is -3.39. The SMILES string of the molecule is Cc1ccc2c(CC(=O)OC(C)C(=O)Nc3cc([N+](=O)[O-])ccc3Cl)coc2c1. The Labute approximate surface area is 170 Å². The van der Waals surface area contributed by atoms with Crippen LogP contribution >= 0.6 is 11.6 Å². The molecule has 29 heavy (non-hydrogen) atoms. The maximum Gasteiger partial charge on any atom is 0.311 e. The molecule has 8 nitrogen and oxygen atoms in total. The number of ether oxygens (including phenoxy) is 1. The van der Waals surface area contributed by atoms with Gasteiger partial charge in [0.2, 0.25) is 0 Å². The number of aryl methyl sites for hydroxylation is 1. The van der Waals surface area contributed by atoms with Gasteiger partial charge in [0.25, 0.3) is 11.6 Å². The van der Waals surface area contributed by atoms with Crippen molar-refractivity contribution >= 4 is 45.8 Å². The van der Waals surface area contributed by atoms with E-state index < -0.39 is 22.9 Å². The number of rotatable bonds is 6. The number of halogens is 1. The lowest BCUT2D eigenvalue weighted by Gasteiger charge is -2.14. The lowest BCUT2D eigenvalue weighted by molar-refractivity contribution is -0.384. The first kappa shape index (κ1) is 20.3. The smallest absolute Gasteiger partial charge is 0.311 e. The Morgan fingerprint density at radius 1 is 1.28 bits per heavy atom. The molecule has 2 aromatic carbocycles. The Balaban J connectivity index is 1.64. The van der Waals surface area contributed by atoms with E-state index in [0.717, 1.165) is 17.0 Å². The summed E-state index contributed by atoms with van der Waals surface area (Å²) in [5, 5.41) is 14.2. The fourth-order valence-electron chi connectivity index (χ4n) is 2.73. The summed E-state index contributed by atoms with van der Waals surface area (Å²) in [4.78, 5) is 34.8. The molecule has 1 unspecified atom stereocenters. The van der Waals surface area contributed by atoms with Gasteiger partial charge < -0.3 is 14.5 Å². The number of nitrogens with zero attached hydrogens (tertiary/aromatic N) is 1. The van der Waals surface area contributed by atoms with Gasteiger partial charge in [0.1, 0.15) is 5.58 Å². The van der Waals surface area contributed by atoms with Gasteiger partial charge in [-0.15, -0.1) is 0 Å². The molecule has 9 heteroatoms. The number of hydrogen-bond acceptors (Lipinski definition) is 6. The molecular weight excluding hydrogens is 400 g/mol. The second-order valence-electron chi connectivity index (χ2n) is 6.48. The van der Waals surface area contributed by atoms with Gasteiger partial charge in [-0.25, -0.2) is 0 Å². The van der Waals surface area contributed by atoms with Crippen molar-refractivity contribution in [2.75, 3.05) is 5.32 Å². The number of furan rings is 1. The number of nitro benzene ring substituents is 1. The molecule has 0 saturated heterocycles. The van der Waals surface area contributed by atoms with E-state index in [0.29, 0.717) is 11.1 Å². The highest BCUT2D eigenvalue weighted by Crippen LogP contribution is 2.27. The number of non-ortho nitro benzene ring substituents is 1. The third-order valence-electron chi connectivity index (χ3n) is 4.24. The molecule has 0 fully saturated rings. The summed E-state index contributed by atoms with van der Waals surface area (Å²) in [5.74, 6) is -1.27. The van der Waals surface area contributed by atoms with Crippen LogP contribution in [0.4, 0.5) is 11.4 Å². The average molecular weight is 417 g/mol. The highest BCUT2D eigenvalue weighted by Gasteiger charge is 2.21. The summed E-state index contributed by atoms with van der Waals surface area (Å²) in [5.41, 5.74) is 2.19. The van der Waals surface area contributed by atoms with Crippen molar-refractivity contribution in [2.45, 2.75) is 26.4 Å². The van der Waals surface area contributed by atoms with Crippen LogP contribution in [0.3, 0.4) is 0 Å². The fraction of sp³-hybridized carbons (Fsp3) is 0.200. The zero-order valence-electron chi connectivity index (χ0n) is 15.6. The molecule has 0 spiro atoms. The lowest BCUT2D eigenvalue weighted by atomic mass is 10.1. The summed E-state index contributed by atoms with van der Waals surface area (Å²) in [6.45, 7) is 3.33. The number of carbonyl (C=O) groups is 2. The van der Waals surface area contributed by atoms with Gasteiger partial charge in [-0.2, -0.15) is 0 Å². The van der Waals surface area contributed by atoms with Crippen molar-refractivity contribution in [3.05, 3.63) is 68.9 Å². The molecule has 1 amide bonds. The number of carbonyl (C=O) groups excluding carboxylic acids is 2. The van der Waals surface area contributed by atoms with E-state index in [1.54, 1.807) is 0 Å². The van der Waals surface area contributed by atoms with E-state index in [1.165, 1.54) is 25.3 Å². The van der Waals surface area contributed by atoms with E-state index in [-0.39, 0.29) is 22.8 Å². The molecule has 1 atom stereocenters. The number of anilines is 1. The molecule has 3 rings (SSSR count). The topological polar surface area (TPSA) is 112 Å². The first-order chi connectivity index (χ1) is 13.7. The van der Waals surface area contributed by atoms with Gasteiger partial charge in [0.05, 0.1) is 28.3 Å². The van der Waals surface area contributed by atoms with E-state index >= 15 is 0 Å². The minimum Gasteiger partial charge on any atom is -0.464 e. The zero-order valence-corrected chi connectivity index (χ0v) is 16.4. The monoisotopic (exact) mass is 416 g/mol. The number of amides is 1. The highest BCUT2D eigenvalue weighted by molar-refractivity contribution is 6.33. The normalized spacial score (nSPS) is 11.8. The molecule has 0 radical (unpaired) electrons. The van der Waals surface area contributed by atoms with E-state index in [1.807, 2.05) is 25.1 Å². The molecule has 0 aliphatic carbocycles. The molecule has 1 heterocycles. The number of nitro groups is 1. The van der Waals surface area contributed by atoms with Crippen LogP contribution in [0.1, 0.15) is 18.1 Å². The van der Waals surface area contributed by atoms with E-state index in [2.05, 4.69) is 5.32 Å². The first-order valence-electron chi connectivity index (χ1n) is 8.65. The van der Waals surface area contributed by atoms with Gasteiger partial charge >= 0.3 is 5.97 Å². The standard InChI is InChI=1S/C20H17ClN2O6/c1-11-3-5-15-13(10-28-18(15)7-11)8-19(24)29-12(2)20(25)22-17-9-14(23(26)27)4-6-16(17)21/h3-7,9-10,12H,8H2,1-2H3,(H,22,25). The molecule has 0 aliphatic rings. The van der Waals surface area contributed by atoms with Crippen molar-refractivity contribution in [3.8, 4) is 0 Å². The van der Waals surface area contributed by atoms with Crippen molar-refractivity contribution in [1.29, 1.82) is 0 Å². The third kappa shape index (κ3) is 4.72. The van der Waals surface area contributed by atoms with Gasteiger partial charge in [-0.1, -0.05) is 23.7 Å². The summed E-state index contributed by atoms with van der Waals surface area (Å²) >= 11 is 5.96. The van der Waals surface area contributed by atoms with Crippen LogP contribution in [0, 0.1) is 17.0 Å². The van der Waals surface area contributed by atoms with Crippen LogP contribution in [0.5, 0.6) is 0 Å². The number of esters is 1. The van der Waals surface area contributed by atoms with Crippen LogP contribution < -0.4 is 5.32 Å². The van der Waals surface area contributed by atoms with Gasteiger partial charge in [0.15, 0.2) is 6.10 Å². The summed E-state index contributed by atoms with van der Waals surface area (Å²) in [6.07, 6.45) is 0.294. The van der Waals surface area contributed by atoms with Crippen molar-refractivity contribution in [1.82, 2.24) is 0 Å². The predicted molar refractivity (Wildman–Crippen MR) is 107 cm³/mol. The fourth-order valence-corrected chi connectivity index (χ4v) is 2.90. The first-order valence-corrected chi connectivity index (χ1v) is 9.03. The average Bonchev–Trinajstić information content (AvgIpc) is 3.04. The predicted octanol–water partition coefficient (Wildman–Crippen LogP) is 4.42. The Bertz CT molecular complexity index is 1110. The van der Waals surface area contributed by atoms with Gasteiger partial charge in [0, 0.05) is 23.1 Å². The minimum atomic E-state index is -1.13. The molecule has 150 valence electrons. The maximum absolute atomic E-state index is 12.3. The molecule has 0 bridgehead atoms. The second-order valence-corrected chi connectivity index (χ2v) is 6.89. The number of fused-ring (bicyclic) bond motifs is 1. The van der Waals surface area contributed by atoms with E-state index in [4.69, 9.17) is 20.8 Å². The van der Waals surface area contributed by atoms with Gasteiger partial charge in [-0.05, 0) is 31.5 Å². The molecule has 0 aliphatic heterocycles. The van der Waals surface area contributed by atoms with Crippen molar-refractivity contribution < 1.29 is 23.7 Å². The summed E-state index contributed by atoms with van der Waals surface area (Å²) in [6, 6.07) is 9.29. The van der Waals surface area contributed by atoms with Crippen LogP contribution in [0.2, 0.25) is 5.02 Å². The second kappa shape index (κ2) is 8.32. The van der Waals surface area contributed by atoms with Crippen LogP contribution in [0.15, 0.2) is 47.1 Å². The Morgan fingerprint density at radius 3 is 2.76 bits per heavy atom. The Kier molecular flexibility index (Phi) is 5.84. The Morgan fingerprint density at radius 2 is 2.03 bits per heavy atom.